The first-order valence-corrected chi connectivity index (χ1v) is 10.1. The van der Waals surface area contributed by atoms with Crippen LogP contribution in [0.3, 0.4) is 0 Å². The number of rotatable bonds is 3. The highest BCUT2D eigenvalue weighted by Gasteiger charge is 2.48. The van der Waals surface area contributed by atoms with E-state index >= 15 is 0 Å². The summed E-state index contributed by atoms with van der Waals surface area (Å²) < 4.78 is 6.18. The van der Waals surface area contributed by atoms with E-state index in [1.54, 1.807) is 6.20 Å². The summed E-state index contributed by atoms with van der Waals surface area (Å²) in [6.07, 6.45) is 2.47. The van der Waals surface area contributed by atoms with E-state index in [4.69, 9.17) is 10.5 Å². The van der Waals surface area contributed by atoms with Gasteiger partial charge in [0.1, 0.15) is 17.5 Å². The molecule has 5 heteroatoms. The van der Waals surface area contributed by atoms with Crippen molar-refractivity contribution in [2.24, 2.45) is 22.7 Å². The van der Waals surface area contributed by atoms with E-state index in [-0.39, 0.29) is 46.8 Å². The van der Waals surface area contributed by atoms with Crippen molar-refractivity contribution in [2.75, 3.05) is 5.73 Å². The Balaban J connectivity index is 2.41. The van der Waals surface area contributed by atoms with Crippen molar-refractivity contribution in [2.45, 2.75) is 86.4 Å². The maximum absolute atomic E-state index is 13.2. The van der Waals surface area contributed by atoms with E-state index in [9.17, 15) is 9.90 Å². The Morgan fingerprint density at radius 1 is 1.15 bits per heavy atom. The van der Waals surface area contributed by atoms with E-state index in [0.29, 0.717) is 24.2 Å². The Morgan fingerprint density at radius 2 is 1.63 bits per heavy atom. The van der Waals surface area contributed by atoms with Crippen LogP contribution >= 0.6 is 0 Å². The smallest absolute Gasteiger partial charge is 0.342 e. The Bertz CT molecular complexity index is 640. The lowest BCUT2D eigenvalue weighted by atomic mass is 9.60. The zero-order chi connectivity index (χ0) is 20.7. The molecule has 1 fully saturated rings. The maximum atomic E-state index is 13.2. The van der Waals surface area contributed by atoms with Gasteiger partial charge in [-0.25, -0.2) is 4.79 Å². The van der Waals surface area contributed by atoms with Crippen LogP contribution in [0.25, 0.3) is 0 Å². The van der Waals surface area contributed by atoms with Gasteiger partial charge >= 0.3 is 5.97 Å². The Kier molecular flexibility index (Phi) is 6.05. The molecule has 0 bridgehead atoms. The second kappa shape index (κ2) is 7.50. The number of anilines is 1. The van der Waals surface area contributed by atoms with Gasteiger partial charge in [0, 0.05) is 18.0 Å². The molecular formula is C22H38N2O3. The van der Waals surface area contributed by atoms with Gasteiger partial charge in [-0.3, -0.25) is 0 Å². The standard InChI is InChI=1S/C22H38N2O3/c1-12(2)14-11-24-19(23)17(14)20(26)27-18-15(21(3,4)5)9-13(25)10-16(18)22(6,7)8/h11-13,15-16,18,24-25H,9-10,23H2,1-8H3. The van der Waals surface area contributed by atoms with Crippen LogP contribution in [-0.4, -0.2) is 28.3 Å². The predicted molar refractivity (Wildman–Crippen MR) is 110 cm³/mol. The molecule has 0 aliphatic heterocycles. The molecule has 5 nitrogen and oxygen atoms in total. The van der Waals surface area contributed by atoms with Crippen LogP contribution in [0.5, 0.6) is 0 Å². The summed E-state index contributed by atoms with van der Waals surface area (Å²) in [5.74, 6) is 0.335. The Hall–Kier alpha value is -1.49. The first-order chi connectivity index (χ1) is 12.2. The molecule has 4 N–H and O–H groups in total. The van der Waals surface area contributed by atoms with Crippen LogP contribution in [0.2, 0.25) is 0 Å². The van der Waals surface area contributed by atoms with E-state index in [2.05, 4.69) is 46.5 Å². The minimum absolute atomic E-state index is 0.0806. The van der Waals surface area contributed by atoms with Gasteiger partial charge in [0.15, 0.2) is 0 Å². The van der Waals surface area contributed by atoms with Gasteiger partial charge < -0.3 is 20.6 Å². The summed E-state index contributed by atoms with van der Waals surface area (Å²) in [5, 5.41) is 10.5. The number of aliphatic hydroxyl groups is 1. The van der Waals surface area contributed by atoms with Crippen LogP contribution in [-0.2, 0) is 4.74 Å². The molecule has 0 aromatic carbocycles. The van der Waals surface area contributed by atoms with Gasteiger partial charge in [-0.05, 0) is 35.2 Å². The topological polar surface area (TPSA) is 88.3 Å². The van der Waals surface area contributed by atoms with Gasteiger partial charge in [0.05, 0.1) is 6.10 Å². The number of carbonyl (C=O) groups is 1. The summed E-state index contributed by atoms with van der Waals surface area (Å²) in [4.78, 5) is 16.1. The lowest BCUT2D eigenvalue weighted by Crippen LogP contribution is -2.51. The molecule has 154 valence electrons. The molecule has 0 saturated heterocycles. The molecular weight excluding hydrogens is 340 g/mol. The Morgan fingerprint density at radius 3 is 2.04 bits per heavy atom. The number of aromatic amines is 1. The van der Waals surface area contributed by atoms with Crippen molar-refractivity contribution in [3.05, 3.63) is 17.3 Å². The number of hydrogen-bond acceptors (Lipinski definition) is 4. The lowest BCUT2D eigenvalue weighted by molar-refractivity contribution is -0.111. The number of nitrogens with one attached hydrogen (secondary N) is 1. The number of aromatic nitrogens is 1. The molecule has 1 aliphatic carbocycles. The zero-order valence-electron chi connectivity index (χ0n) is 18.2. The fourth-order valence-corrected chi connectivity index (χ4v) is 4.41. The molecule has 2 rings (SSSR count). The van der Waals surface area contributed by atoms with Crippen molar-refractivity contribution in [1.29, 1.82) is 0 Å². The third-order valence-electron chi connectivity index (χ3n) is 6.08. The van der Waals surface area contributed by atoms with Crippen molar-refractivity contribution < 1.29 is 14.6 Å². The molecule has 0 spiro atoms. The zero-order valence-corrected chi connectivity index (χ0v) is 18.2. The van der Waals surface area contributed by atoms with Crippen molar-refractivity contribution in [3.8, 4) is 0 Å². The third-order valence-corrected chi connectivity index (χ3v) is 6.08. The monoisotopic (exact) mass is 378 g/mol. The van der Waals surface area contributed by atoms with E-state index in [0.717, 1.165) is 5.56 Å². The highest BCUT2D eigenvalue weighted by Crippen LogP contribution is 2.48. The number of H-pyrrole nitrogens is 1. The fourth-order valence-electron chi connectivity index (χ4n) is 4.41. The molecule has 0 radical (unpaired) electrons. The van der Waals surface area contributed by atoms with Crippen molar-refractivity contribution in [3.63, 3.8) is 0 Å². The quantitative estimate of drug-likeness (QED) is 0.664. The molecule has 0 amide bonds. The number of hydrogen-bond donors (Lipinski definition) is 3. The highest BCUT2D eigenvalue weighted by molar-refractivity contribution is 5.96. The third kappa shape index (κ3) is 4.68. The second-order valence-corrected chi connectivity index (χ2v) is 10.6. The van der Waals surface area contributed by atoms with Crippen LogP contribution in [0.15, 0.2) is 6.20 Å². The van der Waals surface area contributed by atoms with E-state index in [1.165, 1.54) is 0 Å². The van der Waals surface area contributed by atoms with Crippen LogP contribution in [0.1, 0.15) is 90.1 Å². The van der Waals surface area contributed by atoms with Crippen molar-refractivity contribution in [1.82, 2.24) is 4.98 Å². The van der Waals surface area contributed by atoms with Crippen LogP contribution in [0.4, 0.5) is 5.82 Å². The molecule has 1 aromatic heterocycles. The SMILES string of the molecule is CC(C)c1c[nH]c(N)c1C(=O)OC1C(C(C)(C)C)CC(O)CC1C(C)(C)C. The first-order valence-electron chi connectivity index (χ1n) is 10.1. The minimum Gasteiger partial charge on any atom is -0.458 e. The van der Waals surface area contributed by atoms with Gasteiger partial charge in [-0.15, -0.1) is 0 Å². The highest BCUT2D eigenvalue weighted by atomic mass is 16.5. The Labute approximate surface area is 164 Å². The number of aliphatic hydroxyl groups excluding tert-OH is 1. The number of nitrogen functional groups attached to an aromatic ring is 1. The van der Waals surface area contributed by atoms with Gasteiger partial charge in [0.25, 0.3) is 0 Å². The number of nitrogens with two attached hydrogens (primary N) is 1. The summed E-state index contributed by atoms with van der Waals surface area (Å²) >= 11 is 0. The number of carbonyl (C=O) groups excluding carboxylic acids is 1. The lowest BCUT2D eigenvalue weighted by Gasteiger charge is -2.49. The largest absolute Gasteiger partial charge is 0.458 e. The normalized spacial score (nSPS) is 27.0. The first kappa shape index (κ1) is 21.8. The fraction of sp³-hybridized carbons (Fsp3) is 0.773. The molecule has 1 aliphatic rings. The molecule has 1 aromatic rings. The van der Waals surface area contributed by atoms with Crippen LogP contribution < -0.4 is 5.73 Å². The van der Waals surface area contributed by atoms with E-state index in [1.807, 2.05) is 13.8 Å². The summed E-state index contributed by atoms with van der Waals surface area (Å²) in [6.45, 7) is 17.0. The van der Waals surface area contributed by atoms with Crippen LogP contribution in [0, 0.1) is 22.7 Å². The second-order valence-electron chi connectivity index (χ2n) is 10.6. The van der Waals surface area contributed by atoms with E-state index < -0.39 is 0 Å². The average molecular weight is 379 g/mol. The number of esters is 1. The van der Waals surface area contributed by atoms with Gasteiger partial charge in [-0.1, -0.05) is 55.4 Å². The average Bonchev–Trinajstić information content (AvgIpc) is 2.88. The maximum Gasteiger partial charge on any atom is 0.342 e. The number of ether oxygens (including phenoxy) is 1. The molecule has 2 atom stereocenters. The molecule has 1 saturated carbocycles. The molecule has 1 heterocycles. The molecule has 27 heavy (non-hydrogen) atoms. The summed E-state index contributed by atoms with van der Waals surface area (Å²) in [7, 11) is 0. The summed E-state index contributed by atoms with van der Waals surface area (Å²) in [6, 6.07) is 0. The van der Waals surface area contributed by atoms with Gasteiger partial charge in [-0.2, -0.15) is 0 Å². The molecule has 2 unspecified atom stereocenters. The minimum atomic E-state index is -0.364. The van der Waals surface area contributed by atoms with Crippen molar-refractivity contribution >= 4 is 11.8 Å². The van der Waals surface area contributed by atoms with Gasteiger partial charge in [0.2, 0.25) is 0 Å². The predicted octanol–water partition coefficient (Wildman–Crippen LogP) is 4.73. The summed E-state index contributed by atoms with van der Waals surface area (Å²) in [5.41, 5.74) is 7.22.